The number of para-hydroxylation sites is 8. The second-order valence-corrected chi connectivity index (χ2v) is 10.7. The molecule has 0 bridgehead atoms. The first kappa shape index (κ1) is 40.7. The van der Waals surface area contributed by atoms with Crippen molar-refractivity contribution in [3.05, 3.63) is 132 Å². The number of hydrogen-bond donors (Lipinski definition) is 1. The van der Waals surface area contributed by atoms with E-state index in [2.05, 4.69) is 0 Å². The van der Waals surface area contributed by atoms with E-state index in [0.717, 1.165) is 0 Å². The van der Waals surface area contributed by atoms with Crippen LogP contribution >= 0.6 is 0 Å². The molecule has 5 rings (SSSR count). The third-order valence-electron chi connectivity index (χ3n) is 7.16. The van der Waals surface area contributed by atoms with Crippen LogP contribution < -0.4 is 112 Å². The van der Waals surface area contributed by atoms with Gasteiger partial charge < -0.3 is 52.9 Å². The molecule has 0 spiro atoms. The van der Waals surface area contributed by atoms with Crippen molar-refractivity contribution in [3.8, 4) is 46.0 Å². The fourth-order valence-corrected chi connectivity index (χ4v) is 4.82. The average Bonchev–Trinajstić information content (AvgIpc) is 3.17. The Hall–Kier alpha value is -4.02. The van der Waals surface area contributed by atoms with Gasteiger partial charge in [0, 0.05) is 5.56 Å². The van der Waals surface area contributed by atoms with Crippen molar-refractivity contribution in [2.75, 3.05) is 52.9 Å². The van der Waals surface area contributed by atoms with Crippen LogP contribution in [0, 0.1) is 0 Å². The van der Waals surface area contributed by atoms with Gasteiger partial charge in [0.1, 0.15) is 52.9 Å². The number of ether oxygens (including phenoxy) is 8. The number of aromatic carboxylic acids is 1. The van der Waals surface area contributed by atoms with Crippen LogP contribution in [0.1, 0.15) is 15.9 Å². The van der Waals surface area contributed by atoms with Gasteiger partial charge in [-0.25, -0.2) is 0 Å². The summed E-state index contributed by atoms with van der Waals surface area (Å²) in [4.78, 5) is 11.4. The van der Waals surface area contributed by atoms with Gasteiger partial charge in [0.05, 0.1) is 12.6 Å². The molecule has 5 aromatic carbocycles. The number of benzene rings is 5. The van der Waals surface area contributed by atoms with Crippen LogP contribution in [0.25, 0.3) is 0 Å². The molecule has 52 heavy (non-hydrogen) atoms. The zero-order chi connectivity index (χ0) is 35.5. The molecule has 0 atom stereocenters. The second-order valence-electron chi connectivity index (χ2n) is 10.7. The summed E-state index contributed by atoms with van der Waals surface area (Å²) >= 11 is 0. The van der Waals surface area contributed by atoms with Gasteiger partial charge in [0.15, 0.2) is 46.0 Å². The molecule has 0 saturated heterocycles. The Morgan fingerprint density at radius 1 is 0.423 bits per heavy atom. The minimum Gasteiger partial charge on any atom is -0.545 e. The number of carboxylic acids is 1. The number of carbonyl (C=O) groups is 1. The smallest absolute Gasteiger partial charge is 0.545 e. The molecule has 0 fully saturated rings. The molecule has 266 valence electrons. The fraction of sp³-hybridized carbons (Fsp3) is 0.225. The molecule has 0 radical (unpaired) electrons. The largest absolute Gasteiger partial charge is 1.00 e. The van der Waals surface area contributed by atoms with Gasteiger partial charge in [-0.2, -0.15) is 0 Å². The minimum absolute atomic E-state index is 0. The van der Waals surface area contributed by atoms with E-state index in [9.17, 15) is 9.90 Å². The van der Waals surface area contributed by atoms with Gasteiger partial charge in [0.25, 0.3) is 0 Å². The molecule has 0 aliphatic carbocycles. The number of carboxylic acid groups (broad SMARTS) is 1. The normalized spacial score (nSPS) is 10.3. The Kier molecular flexibility index (Phi) is 17.9. The first-order valence-corrected chi connectivity index (χ1v) is 16.4. The number of aliphatic hydroxyl groups excluding tert-OH is 1. The van der Waals surface area contributed by atoms with Crippen molar-refractivity contribution in [3.63, 3.8) is 0 Å². The Labute approximate surface area is 361 Å². The zero-order valence-electron chi connectivity index (χ0n) is 28.9. The van der Waals surface area contributed by atoms with E-state index in [4.69, 9.17) is 43.0 Å². The molecule has 5 aromatic rings. The third-order valence-corrected chi connectivity index (χ3v) is 7.16. The standard InChI is InChI=1S/C40H40O11.Cs/c41-21-22-44-32-13-3-4-14-33(32)45-23-24-46-34-15-5-6-16-35(34)47-25-26-48-36-17-7-8-18-37(36)49-27-28-50-38-19-9-10-20-39(38)51-29-30-11-1-2-12-31(30)40(42)43;/h1-20,41H,21-29H2,(H,42,43);/q;+1/p-1. The summed E-state index contributed by atoms with van der Waals surface area (Å²) in [5.74, 6) is 3.09. The Bertz CT molecular complexity index is 1820. The van der Waals surface area contributed by atoms with Crippen molar-refractivity contribution < 1.29 is 122 Å². The van der Waals surface area contributed by atoms with E-state index in [1.54, 1.807) is 42.5 Å². The Balaban J connectivity index is 0.00000605. The number of carbonyl (C=O) groups excluding carboxylic acids is 1. The molecule has 0 aliphatic heterocycles. The molecule has 11 nitrogen and oxygen atoms in total. The van der Waals surface area contributed by atoms with Gasteiger partial charge in [-0.15, -0.1) is 0 Å². The van der Waals surface area contributed by atoms with Gasteiger partial charge in [-0.05, 0) is 54.1 Å². The average molecular weight is 829 g/mol. The zero-order valence-corrected chi connectivity index (χ0v) is 35.2. The summed E-state index contributed by atoms with van der Waals surface area (Å²) in [6, 6.07) is 35.6. The van der Waals surface area contributed by atoms with E-state index in [-0.39, 0.29) is 134 Å². The summed E-state index contributed by atoms with van der Waals surface area (Å²) in [7, 11) is 0. The van der Waals surface area contributed by atoms with Crippen LogP contribution in [0.2, 0.25) is 0 Å². The van der Waals surface area contributed by atoms with Crippen LogP contribution in [-0.2, 0) is 6.61 Å². The van der Waals surface area contributed by atoms with Crippen LogP contribution in [-0.4, -0.2) is 63.9 Å². The predicted molar refractivity (Wildman–Crippen MR) is 186 cm³/mol. The summed E-state index contributed by atoms with van der Waals surface area (Å²) in [6.07, 6.45) is 0. The van der Waals surface area contributed by atoms with Crippen molar-refractivity contribution in [1.29, 1.82) is 0 Å². The molecule has 0 aliphatic rings. The van der Waals surface area contributed by atoms with E-state index < -0.39 is 5.97 Å². The molecule has 1 N–H and O–H groups in total. The maximum atomic E-state index is 11.4. The fourth-order valence-electron chi connectivity index (χ4n) is 4.82. The predicted octanol–water partition coefficient (Wildman–Crippen LogP) is 2.38. The quantitative estimate of drug-likeness (QED) is 0.103. The first-order valence-electron chi connectivity index (χ1n) is 16.4. The van der Waals surface area contributed by atoms with E-state index >= 15 is 0 Å². The number of rotatable bonds is 22. The number of hydrogen-bond acceptors (Lipinski definition) is 11. The maximum Gasteiger partial charge on any atom is 1.00 e. The van der Waals surface area contributed by atoms with Crippen molar-refractivity contribution in [2.24, 2.45) is 0 Å². The Morgan fingerprint density at radius 2 is 0.692 bits per heavy atom. The van der Waals surface area contributed by atoms with E-state index in [1.165, 1.54) is 6.07 Å². The summed E-state index contributed by atoms with van der Waals surface area (Å²) in [5.41, 5.74) is 0.583. The Morgan fingerprint density at radius 3 is 1.00 bits per heavy atom. The number of aliphatic hydroxyl groups is 1. The minimum atomic E-state index is -1.26. The molecule has 12 heteroatoms. The van der Waals surface area contributed by atoms with Crippen LogP contribution in [0.15, 0.2) is 121 Å². The molecular weight excluding hydrogens is 789 g/mol. The van der Waals surface area contributed by atoms with E-state index in [0.29, 0.717) is 51.6 Å². The van der Waals surface area contributed by atoms with Gasteiger partial charge in [-0.1, -0.05) is 72.8 Å². The van der Waals surface area contributed by atoms with Crippen molar-refractivity contribution in [2.45, 2.75) is 6.61 Å². The van der Waals surface area contributed by atoms with E-state index in [1.807, 2.05) is 72.8 Å². The van der Waals surface area contributed by atoms with Crippen molar-refractivity contribution >= 4 is 5.97 Å². The van der Waals surface area contributed by atoms with Gasteiger partial charge >= 0.3 is 68.9 Å². The SMILES string of the molecule is O=C([O-])c1ccccc1COc1ccccc1OCCOc1ccccc1OCCOc1ccccc1OCCOc1ccccc1OCCO.[Cs+]. The topological polar surface area (TPSA) is 134 Å². The molecular formula is C40H39CsO11. The maximum absolute atomic E-state index is 11.4. The molecule has 0 heterocycles. The summed E-state index contributed by atoms with van der Waals surface area (Å²) < 4.78 is 47.0. The van der Waals surface area contributed by atoms with Crippen LogP contribution in [0.4, 0.5) is 0 Å². The van der Waals surface area contributed by atoms with Gasteiger partial charge in [-0.3, -0.25) is 0 Å². The third kappa shape index (κ3) is 12.9. The summed E-state index contributed by atoms with van der Waals surface area (Å²) in [5, 5.41) is 20.5. The monoisotopic (exact) mass is 828 g/mol. The molecule has 0 aromatic heterocycles. The van der Waals surface area contributed by atoms with Crippen LogP contribution in [0.5, 0.6) is 46.0 Å². The molecule has 0 amide bonds. The first-order chi connectivity index (χ1) is 25.1. The molecule has 0 unspecified atom stereocenters. The second kappa shape index (κ2) is 22.8. The summed E-state index contributed by atoms with van der Waals surface area (Å²) in [6.45, 7) is 1.66. The molecule has 0 saturated carbocycles. The van der Waals surface area contributed by atoms with Crippen molar-refractivity contribution in [1.82, 2.24) is 0 Å². The van der Waals surface area contributed by atoms with Gasteiger partial charge in [0.2, 0.25) is 0 Å². The van der Waals surface area contributed by atoms with Crippen LogP contribution in [0.3, 0.4) is 0 Å².